The summed E-state index contributed by atoms with van der Waals surface area (Å²) in [5, 5.41) is 21.5. The van der Waals surface area contributed by atoms with Crippen LogP contribution in [-0.4, -0.2) is 17.0 Å². The van der Waals surface area contributed by atoms with Gasteiger partial charge in [-0.25, -0.2) is 4.79 Å². The van der Waals surface area contributed by atoms with Crippen molar-refractivity contribution in [3.05, 3.63) is 98.5 Å². The standard InChI is InChI=1S/C25H18Cl2N2O4/c1-15-5-7-16(8-6-15)14-33-23-21(26)10-17(11-22(23)27)9-19(13-28)24(30)29-20-4-2-3-18(12-20)25(31)32/h2-12H,14H2,1H3,(H,29,30)(H,31,32)/b19-9-. The van der Waals surface area contributed by atoms with E-state index in [0.29, 0.717) is 11.3 Å². The number of carboxylic acid groups (broad SMARTS) is 1. The van der Waals surface area contributed by atoms with Gasteiger partial charge in [0, 0.05) is 5.69 Å². The van der Waals surface area contributed by atoms with Gasteiger partial charge in [0.25, 0.3) is 5.91 Å². The first-order valence-electron chi connectivity index (χ1n) is 9.70. The molecule has 0 spiro atoms. The average molecular weight is 481 g/mol. The van der Waals surface area contributed by atoms with Gasteiger partial charge >= 0.3 is 5.97 Å². The molecule has 3 aromatic carbocycles. The van der Waals surface area contributed by atoms with Gasteiger partial charge < -0.3 is 15.2 Å². The fourth-order valence-corrected chi connectivity index (χ4v) is 3.50. The molecule has 0 aromatic heterocycles. The number of carbonyl (C=O) groups excluding carboxylic acids is 1. The highest BCUT2D eigenvalue weighted by Gasteiger charge is 2.14. The van der Waals surface area contributed by atoms with Crippen LogP contribution in [-0.2, 0) is 11.4 Å². The quantitative estimate of drug-likeness (QED) is 0.313. The molecule has 6 nitrogen and oxygen atoms in total. The largest absolute Gasteiger partial charge is 0.486 e. The zero-order valence-electron chi connectivity index (χ0n) is 17.4. The van der Waals surface area contributed by atoms with Gasteiger partial charge in [-0.3, -0.25) is 4.79 Å². The third-order valence-corrected chi connectivity index (χ3v) is 5.13. The Morgan fingerprint density at radius 2 is 1.76 bits per heavy atom. The van der Waals surface area contributed by atoms with Crippen molar-refractivity contribution in [3.63, 3.8) is 0 Å². The highest BCUT2D eigenvalue weighted by atomic mass is 35.5. The molecule has 0 unspecified atom stereocenters. The number of amides is 1. The number of benzene rings is 3. The number of hydrogen-bond acceptors (Lipinski definition) is 4. The number of carboxylic acids is 1. The summed E-state index contributed by atoms with van der Waals surface area (Å²) in [6.45, 7) is 2.27. The molecule has 0 aliphatic rings. The maximum absolute atomic E-state index is 12.5. The minimum Gasteiger partial charge on any atom is -0.486 e. The van der Waals surface area contributed by atoms with Crippen molar-refractivity contribution in [2.24, 2.45) is 0 Å². The van der Waals surface area contributed by atoms with Crippen LogP contribution >= 0.6 is 23.2 Å². The molecule has 0 atom stereocenters. The van der Waals surface area contributed by atoms with Crippen molar-refractivity contribution in [1.82, 2.24) is 0 Å². The van der Waals surface area contributed by atoms with Gasteiger partial charge in [-0.15, -0.1) is 0 Å². The molecule has 166 valence electrons. The fourth-order valence-electron chi connectivity index (χ4n) is 2.88. The molecule has 0 aliphatic heterocycles. The third-order valence-electron chi connectivity index (χ3n) is 4.57. The Morgan fingerprint density at radius 1 is 1.09 bits per heavy atom. The number of aryl methyl sites for hydroxylation is 1. The smallest absolute Gasteiger partial charge is 0.335 e. The van der Waals surface area contributed by atoms with Crippen LogP contribution in [0, 0.1) is 18.3 Å². The van der Waals surface area contributed by atoms with Crippen LogP contribution in [0.15, 0.2) is 66.2 Å². The van der Waals surface area contributed by atoms with Crippen molar-refractivity contribution in [2.75, 3.05) is 5.32 Å². The first-order chi connectivity index (χ1) is 15.8. The molecule has 3 rings (SSSR count). The number of hydrogen-bond donors (Lipinski definition) is 2. The second-order valence-electron chi connectivity index (χ2n) is 7.10. The van der Waals surface area contributed by atoms with Gasteiger partial charge in [0.1, 0.15) is 18.2 Å². The molecule has 0 aliphatic carbocycles. The Balaban J connectivity index is 1.77. The number of carbonyl (C=O) groups is 2. The number of nitrogens with one attached hydrogen (secondary N) is 1. The average Bonchev–Trinajstić information content (AvgIpc) is 2.78. The number of aromatic carboxylic acids is 1. The minimum atomic E-state index is -1.13. The lowest BCUT2D eigenvalue weighted by atomic mass is 10.1. The summed E-state index contributed by atoms with van der Waals surface area (Å²) >= 11 is 12.7. The number of halogens is 2. The first-order valence-corrected chi connectivity index (χ1v) is 10.5. The van der Waals surface area contributed by atoms with Gasteiger partial charge in [0.15, 0.2) is 5.75 Å². The highest BCUT2D eigenvalue weighted by Crippen LogP contribution is 2.35. The van der Waals surface area contributed by atoms with Crippen LogP contribution in [0.2, 0.25) is 10.0 Å². The molecule has 0 saturated carbocycles. The summed E-state index contributed by atoms with van der Waals surface area (Å²) in [5.41, 5.74) is 2.56. The van der Waals surface area contributed by atoms with E-state index in [4.69, 9.17) is 33.0 Å². The molecule has 8 heteroatoms. The lowest BCUT2D eigenvalue weighted by molar-refractivity contribution is -0.112. The monoisotopic (exact) mass is 480 g/mol. The number of rotatable bonds is 7. The molecule has 2 N–H and O–H groups in total. The highest BCUT2D eigenvalue weighted by molar-refractivity contribution is 6.37. The SMILES string of the molecule is Cc1ccc(COc2c(Cl)cc(/C=C(/C#N)C(=O)Nc3cccc(C(=O)O)c3)cc2Cl)cc1. The molecule has 3 aromatic rings. The molecule has 0 heterocycles. The molecular weight excluding hydrogens is 463 g/mol. The van der Waals surface area contributed by atoms with Crippen LogP contribution < -0.4 is 10.1 Å². The summed E-state index contributed by atoms with van der Waals surface area (Å²) in [5.74, 6) is -1.53. The van der Waals surface area contributed by atoms with Crippen LogP contribution in [0.3, 0.4) is 0 Å². The van der Waals surface area contributed by atoms with E-state index < -0.39 is 11.9 Å². The molecule has 1 amide bonds. The lowest BCUT2D eigenvalue weighted by Crippen LogP contribution is -2.14. The number of anilines is 1. The van der Waals surface area contributed by atoms with E-state index in [0.717, 1.165) is 11.1 Å². The maximum Gasteiger partial charge on any atom is 0.335 e. The summed E-state index contributed by atoms with van der Waals surface area (Å²) < 4.78 is 5.76. The fraction of sp³-hybridized carbons (Fsp3) is 0.0800. The van der Waals surface area contributed by atoms with E-state index in [9.17, 15) is 14.9 Å². The molecule has 33 heavy (non-hydrogen) atoms. The Bertz CT molecular complexity index is 1260. The van der Waals surface area contributed by atoms with Crippen LogP contribution in [0.25, 0.3) is 6.08 Å². The third kappa shape index (κ3) is 6.36. The van der Waals surface area contributed by atoms with E-state index in [-0.39, 0.29) is 33.5 Å². The van der Waals surface area contributed by atoms with E-state index in [1.165, 1.54) is 42.5 Å². The zero-order chi connectivity index (χ0) is 24.0. The summed E-state index contributed by atoms with van der Waals surface area (Å²) in [6.07, 6.45) is 1.33. The van der Waals surface area contributed by atoms with Gasteiger partial charge in [-0.2, -0.15) is 5.26 Å². The number of nitrogens with zero attached hydrogens (tertiary/aromatic N) is 1. The van der Waals surface area contributed by atoms with E-state index in [1.54, 1.807) is 0 Å². The van der Waals surface area contributed by atoms with Crippen LogP contribution in [0.1, 0.15) is 27.0 Å². The molecule has 0 fully saturated rings. The second kappa shape index (κ2) is 10.7. The van der Waals surface area contributed by atoms with Crippen molar-refractivity contribution < 1.29 is 19.4 Å². The van der Waals surface area contributed by atoms with Crippen molar-refractivity contribution in [2.45, 2.75) is 13.5 Å². The predicted molar refractivity (Wildman–Crippen MR) is 128 cm³/mol. The van der Waals surface area contributed by atoms with Crippen molar-refractivity contribution in [1.29, 1.82) is 5.26 Å². The normalized spacial score (nSPS) is 10.9. The molecular formula is C25H18Cl2N2O4. The Labute approximate surface area is 200 Å². The molecule has 0 saturated heterocycles. The van der Waals surface area contributed by atoms with Gasteiger partial charge in [0.05, 0.1) is 15.6 Å². The Morgan fingerprint density at radius 3 is 2.36 bits per heavy atom. The zero-order valence-corrected chi connectivity index (χ0v) is 18.9. The lowest BCUT2D eigenvalue weighted by Gasteiger charge is -2.11. The van der Waals surface area contributed by atoms with E-state index >= 15 is 0 Å². The predicted octanol–water partition coefficient (Wildman–Crippen LogP) is 6.12. The summed E-state index contributed by atoms with van der Waals surface area (Å²) in [4.78, 5) is 23.6. The topological polar surface area (TPSA) is 99.4 Å². The van der Waals surface area contributed by atoms with Gasteiger partial charge in [-0.1, -0.05) is 59.1 Å². The van der Waals surface area contributed by atoms with Crippen molar-refractivity contribution >= 4 is 46.8 Å². The maximum atomic E-state index is 12.5. The molecule has 0 radical (unpaired) electrons. The van der Waals surface area contributed by atoms with Crippen LogP contribution in [0.5, 0.6) is 5.75 Å². The summed E-state index contributed by atoms with van der Waals surface area (Å²) in [6, 6.07) is 18.4. The minimum absolute atomic E-state index is 0.00933. The second-order valence-corrected chi connectivity index (χ2v) is 7.91. The van der Waals surface area contributed by atoms with E-state index in [2.05, 4.69) is 5.32 Å². The van der Waals surface area contributed by atoms with E-state index in [1.807, 2.05) is 37.3 Å². The number of ether oxygens (including phenoxy) is 1. The number of nitriles is 1. The molecule has 0 bridgehead atoms. The Hall–Kier alpha value is -3.79. The first kappa shape index (κ1) is 23.9. The Kier molecular flexibility index (Phi) is 7.73. The van der Waals surface area contributed by atoms with Crippen molar-refractivity contribution in [3.8, 4) is 11.8 Å². The van der Waals surface area contributed by atoms with Crippen LogP contribution in [0.4, 0.5) is 5.69 Å². The van der Waals surface area contributed by atoms with Gasteiger partial charge in [0.2, 0.25) is 0 Å². The van der Waals surface area contributed by atoms with Gasteiger partial charge in [-0.05, 0) is 54.5 Å². The summed E-state index contributed by atoms with van der Waals surface area (Å²) in [7, 11) is 0.